The number of hydrogen-bond donors (Lipinski definition) is 0. The van der Waals surface area contributed by atoms with E-state index in [0.717, 1.165) is 6.07 Å². The van der Waals surface area contributed by atoms with Crippen LogP contribution in [-0.4, -0.2) is 6.54 Å². The normalized spacial score (nSPS) is 10.3. The summed E-state index contributed by atoms with van der Waals surface area (Å²) in [6, 6.07) is 3.37. The van der Waals surface area contributed by atoms with E-state index < -0.39 is 11.6 Å². The zero-order valence-electron chi connectivity index (χ0n) is 7.90. The van der Waals surface area contributed by atoms with Crippen LogP contribution in [-0.2, 0) is 0 Å². The van der Waals surface area contributed by atoms with Crippen LogP contribution in [0.5, 0.6) is 0 Å². The lowest BCUT2D eigenvalue weighted by atomic mass is 10.2. The van der Waals surface area contributed by atoms with Gasteiger partial charge in [0.1, 0.15) is 11.6 Å². The Hall–Kier alpha value is -1.87. The number of azide groups is 1. The molecule has 0 bridgehead atoms. The number of nitrogens with zero attached hydrogens (tertiary/aromatic N) is 3. The lowest BCUT2D eigenvalue weighted by Gasteiger charge is -1.95. The van der Waals surface area contributed by atoms with Gasteiger partial charge in [-0.05, 0) is 24.1 Å². The lowest BCUT2D eigenvalue weighted by molar-refractivity contribution is 0.581. The minimum Gasteiger partial charge on any atom is -0.207 e. The lowest BCUT2D eigenvalue weighted by Crippen LogP contribution is -1.84. The molecular weight excluding hydrogens is 200 g/mol. The van der Waals surface area contributed by atoms with Gasteiger partial charge >= 0.3 is 0 Å². The topological polar surface area (TPSA) is 48.8 Å². The van der Waals surface area contributed by atoms with Crippen LogP contribution in [0.3, 0.4) is 0 Å². The van der Waals surface area contributed by atoms with Crippen LogP contribution < -0.4 is 0 Å². The minimum atomic E-state index is -0.602. The fourth-order valence-electron chi connectivity index (χ4n) is 1.02. The van der Waals surface area contributed by atoms with Crippen LogP contribution in [0, 0.1) is 11.6 Å². The molecule has 0 unspecified atom stereocenters. The van der Waals surface area contributed by atoms with E-state index >= 15 is 0 Å². The molecule has 5 heteroatoms. The van der Waals surface area contributed by atoms with E-state index in [1.165, 1.54) is 18.2 Å². The summed E-state index contributed by atoms with van der Waals surface area (Å²) in [6.45, 7) is 0.329. The van der Waals surface area contributed by atoms with Gasteiger partial charge in [0.05, 0.1) is 0 Å². The first-order valence-electron chi connectivity index (χ1n) is 4.36. The molecular formula is C10H9F2N3. The highest BCUT2D eigenvalue weighted by atomic mass is 19.1. The van der Waals surface area contributed by atoms with Crippen molar-refractivity contribution in [3.63, 3.8) is 0 Å². The molecule has 0 fully saturated rings. The van der Waals surface area contributed by atoms with E-state index in [1.54, 1.807) is 6.08 Å². The van der Waals surface area contributed by atoms with Crippen molar-refractivity contribution in [2.24, 2.45) is 5.11 Å². The molecule has 15 heavy (non-hydrogen) atoms. The van der Waals surface area contributed by atoms with Crippen molar-refractivity contribution >= 4 is 6.08 Å². The molecule has 0 aliphatic rings. The number of benzene rings is 1. The standard InChI is InChI=1S/C10H9F2N3/c11-9-5-4-8(10(12)7-9)3-1-2-6-14-15-13/h1,3-5,7H,2,6H2. The molecule has 0 radical (unpaired) electrons. The van der Waals surface area contributed by atoms with E-state index in [1.807, 2.05) is 0 Å². The van der Waals surface area contributed by atoms with Crippen LogP contribution in [0.4, 0.5) is 8.78 Å². The highest BCUT2D eigenvalue weighted by Gasteiger charge is 1.98. The molecule has 0 aliphatic carbocycles. The van der Waals surface area contributed by atoms with Gasteiger partial charge in [0.15, 0.2) is 0 Å². The van der Waals surface area contributed by atoms with Crippen molar-refractivity contribution in [1.82, 2.24) is 0 Å². The maximum atomic E-state index is 13.1. The van der Waals surface area contributed by atoms with Crippen LogP contribution in [0.1, 0.15) is 12.0 Å². The maximum absolute atomic E-state index is 13.1. The van der Waals surface area contributed by atoms with Gasteiger partial charge in [-0.25, -0.2) is 8.78 Å². The highest BCUT2D eigenvalue weighted by Crippen LogP contribution is 2.11. The Morgan fingerprint density at radius 3 is 2.87 bits per heavy atom. The second kappa shape index (κ2) is 5.78. The average Bonchev–Trinajstić information content (AvgIpc) is 2.20. The van der Waals surface area contributed by atoms with Gasteiger partial charge in [-0.15, -0.1) is 0 Å². The second-order valence-corrected chi connectivity index (χ2v) is 2.81. The zero-order valence-corrected chi connectivity index (χ0v) is 7.90. The molecule has 3 nitrogen and oxygen atoms in total. The van der Waals surface area contributed by atoms with E-state index in [4.69, 9.17) is 5.53 Å². The zero-order chi connectivity index (χ0) is 11.1. The third-order valence-corrected chi connectivity index (χ3v) is 1.72. The number of hydrogen-bond acceptors (Lipinski definition) is 1. The molecule has 0 spiro atoms. The predicted octanol–water partition coefficient (Wildman–Crippen LogP) is 3.68. The first-order chi connectivity index (χ1) is 7.24. The number of rotatable bonds is 4. The monoisotopic (exact) mass is 209 g/mol. The Bertz CT molecular complexity index is 409. The summed E-state index contributed by atoms with van der Waals surface area (Å²) in [5.74, 6) is -1.20. The van der Waals surface area contributed by atoms with Crippen molar-refractivity contribution in [3.05, 3.63) is 51.9 Å². The van der Waals surface area contributed by atoms with Crippen LogP contribution in [0.2, 0.25) is 0 Å². The fraction of sp³-hybridized carbons (Fsp3) is 0.200. The second-order valence-electron chi connectivity index (χ2n) is 2.81. The Morgan fingerprint density at radius 2 is 2.20 bits per heavy atom. The van der Waals surface area contributed by atoms with Crippen molar-refractivity contribution in [2.75, 3.05) is 6.54 Å². The van der Waals surface area contributed by atoms with Gasteiger partial charge in [0, 0.05) is 23.1 Å². The maximum Gasteiger partial charge on any atom is 0.133 e. The molecule has 0 N–H and O–H groups in total. The number of halogens is 2. The molecule has 0 aromatic heterocycles. The van der Waals surface area contributed by atoms with Crippen molar-refractivity contribution in [3.8, 4) is 0 Å². The van der Waals surface area contributed by atoms with Gasteiger partial charge < -0.3 is 0 Å². The van der Waals surface area contributed by atoms with E-state index in [0.29, 0.717) is 18.5 Å². The summed E-state index contributed by atoms with van der Waals surface area (Å²) >= 11 is 0. The molecule has 0 aliphatic heterocycles. The van der Waals surface area contributed by atoms with E-state index in [-0.39, 0.29) is 0 Å². The fourth-order valence-corrected chi connectivity index (χ4v) is 1.02. The van der Waals surface area contributed by atoms with Gasteiger partial charge in [-0.2, -0.15) is 0 Å². The molecule has 0 heterocycles. The summed E-state index contributed by atoms with van der Waals surface area (Å²) in [4.78, 5) is 2.58. The Kier molecular flexibility index (Phi) is 4.31. The Balaban J connectivity index is 2.60. The highest BCUT2D eigenvalue weighted by molar-refractivity contribution is 5.49. The molecule has 1 aromatic carbocycles. The van der Waals surface area contributed by atoms with E-state index in [9.17, 15) is 8.78 Å². The van der Waals surface area contributed by atoms with Gasteiger partial charge in [0.2, 0.25) is 0 Å². The van der Waals surface area contributed by atoms with Crippen molar-refractivity contribution < 1.29 is 8.78 Å². The molecule has 0 amide bonds. The van der Waals surface area contributed by atoms with Crippen molar-refractivity contribution in [2.45, 2.75) is 6.42 Å². The minimum absolute atomic E-state index is 0.317. The van der Waals surface area contributed by atoms with Crippen molar-refractivity contribution in [1.29, 1.82) is 0 Å². The summed E-state index contributed by atoms with van der Waals surface area (Å²) in [6.07, 6.45) is 3.73. The Labute approximate surface area is 85.7 Å². The molecule has 1 aromatic rings. The molecule has 0 saturated heterocycles. The molecule has 78 valence electrons. The summed E-state index contributed by atoms with van der Waals surface area (Å²) in [7, 11) is 0. The van der Waals surface area contributed by atoms with Gasteiger partial charge in [-0.1, -0.05) is 17.3 Å². The molecule has 0 saturated carbocycles. The molecule has 0 atom stereocenters. The quantitative estimate of drug-likeness (QED) is 0.314. The summed E-state index contributed by atoms with van der Waals surface area (Å²) in [5, 5.41) is 3.32. The van der Waals surface area contributed by atoms with Gasteiger partial charge in [-0.3, -0.25) is 0 Å². The van der Waals surface area contributed by atoms with Crippen LogP contribution in [0.25, 0.3) is 16.5 Å². The van der Waals surface area contributed by atoms with Crippen LogP contribution in [0.15, 0.2) is 29.4 Å². The third kappa shape index (κ3) is 3.79. The smallest absolute Gasteiger partial charge is 0.133 e. The SMILES string of the molecule is [N-]=[N+]=NCCC=Cc1ccc(F)cc1F. The predicted molar refractivity (Wildman–Crippen MR) is 54.0 cm³/mol. The Morgan fingerprint density at radius 1 is 1.40 bits per heavy atom. The van der Waals surface area contributed by atoms with Crippen LogP contribution >= 0.6 is 0 Å². The van der Waals surface area contributed by atoms with E-state index in [2.05, 4.69) is 10.0 Å². The summed E-state index contributed by atoms with van der Waals surface area (Å²) in [5.41, 5.74) is 8.31. The molecule has 1 rings (SSSR count). The average molecular weight is 209 g/mol. The van der Waals surface area contributed by atoms with Gasteiger partial charge in [0.25, 0.3) is 0 Å². The largest absolute Gasteiger partial charge is 0.207 e. The summed E-state index contributed by atoms with van der Waals surface area (Å²) < 4.78 is 25.6. The first kappa shape index (κ1) is 11.2. The third-order valence-electron chi connectivity index (χ3n) is 1.72. The first-order valence-corrected chi connectivity index (χ1v) is 4.36.